The third-order valence-electron chi connectivity index (χ3n) is 5.04. The summed E-state index contributed by atoms with van der Waals surface area (Å²) in [6, 6.07) is 14.2. The third kappa shape index (κ3) is 4.56. The fraction of sp³-hybridized carbons (Fsp3) is 0.286. The van der Waals surface area contributed by atoms with Crippen molar-refractivity contribution in [1.29, 1.82) is 0 Å². The van der Waals surface area contributed by atoms with Crippen LogP contribution in [0, 0.1) is 11.7 Å². The molecule has 2 heterocycles. The van der Waals surface area contributed by atoms with Gasteiger partial charge in [-0.3, -0.25) is 4.79 Å². The second-order valence-corrected chi connectivity index (χ2v) is 7.38. The summed E-state index contributed by atoms with van der Waals surface area (Å²) in [6.45, 7) is 1.60. The van der Waals surface area contributed by atoms with Crippen molar-refractivity contribution in [2.24, 2.45) is 5.92 Å². The molecule has 3 aromatic rings. The van der Waals surface area contributed by atoms with Gasteiger partial charge >= 0.3 is 6.01 Å². The molecule has 0 aliphatic carbocycles. The quantitative estimate of drug-likeness (QED) is 0.681. The number of nitrogens with zero attached hydrogens (tertiary/aromatic N) is 3. The molecule has 1 saturated heterocycles. The third-order valence-corrected chi connectivity index (χ3v) is 5.39. The van der Waals surface area contributed by atoms with E-state index >= 15 is 0 Å². The van der Waals surface area contributed by atoms with E-state index in [1.54, 1.807) is 6.07 Å². The zero-order valence-corrected chi connectivity index (χ0v) is 16.4. The van der Waals surface area contributed by atoms with Crippen molar-refractivity contribution >= 4 is 23.5 Å². The lowest BCUT2D eigenvalue weighted by molar-refractivity contribution is -0.125. The highest BCUT2D eigenvalue weighted by atomic mass is 35.5. The van der Waals surface area contributed by atoms with Crippen LogP contribution in [0.1, 0.15) is 18.4 Å². The van der Waals surface area contributed by atoms with Gasteiger partial charge in [-0.1, -0.05) is 41.0 Å². The maximum Gasteiger partial charge on any atom is 0.318 e. The molecule has 1 fully saturated rings. The Kier molecular flexibility index (Phi) is 5.76. The summed E-state index contributed by atoms with van der Waals surface area (Å²) in [7, 11) is 0. The van der Waals surface area contributed by atoms with E-state index in [1.165, 1.54) is 12.1 Å². The van der Waals surface area contributed by atoms with Crippen molar-refractivity contribution in [1.82, 2.24) is 15.5 Å². The van der Waals surface area contributed by atoms with Crippen LogP contribution in [0.5, 0.6) is 0 Å². The first-order chi connectivity index (χ1) is 14.1. The fourth-order valence-corrected chi connectivity index (χ4v) is 3.60. The summed E-state index contributed by atoms with van der Waals surface area (Å²) in [5.74, 6) is -0.0342. The van der Waals surface area contributed by atoms with E-state index in [0.717, 1.165) is 5.56 Å². The Morgan fingerprint density at radius 2 is 1.93 bits per heavy atom. The van der Waals surface area contributed by atoms with Crippen molar-refractivity contribution in [3.05, 3.63) is 64.9 Å². The maximum atomic E-state index is 13.1. The molecule has 0 atom stereocenters. The Morgan fingerprint density at radius 3 is 2.66 bits per heavy atom. The number of anilines is 1. The smallest absolute Gasteiger partial charge is 0.318 e. The van der Waals surface area contributed by atoms with Crippen molar-refractivity contribution in [2.75, 3.05) is 18.0 Å². The SMILES string of the molecule is O=C(NCc1ccc(F)cc1Cl)C1CCN(c2nnc(-c3ccccc3)o2)CC1. The molecule has 0 radical (unpaired) electrons. The number of hydrogen-bond acceptors (Lipinski definition) is 5. The highest BCUT2D eigenvalue weighted by Crippen LogP contribution is 2.26. The molecule has 2 aromatic carbocycles. The molecule has 1 N–H and O–H groups in total. The van der Waals surface area contributed by atoms with Crippen LogP contribution in [0.3, 0.4) is 0 Å². The lowest BCUT2D eigenvalue weighted by Gasteiger charge is -2.29. The van der Waals surface area contributed by atoms with Crippen LogP contribution in [0.25, 0.3) is 11.5 Å². The number of carbonyl (C=O) groups is 1. The molecule has 0 bridgehead atoms. The summed E-state index contributed by atoms with van der Waals surface area (Å²) in [6.07, 6.45) is 1.37. The minimum Gasteiger partial charge on any atom is -0.403 e. The van der Waals surface area contributed by atoms with Crippen molar-refractivity contribution in [2.45, 2.75) is 19.4 Å². The summed E-state index contributed by atoms with van der Waals surface area (Å²) < 4.78 is 18.9. The molecule has 0 unspecified atom stereocenters. The van der Waals surface area contributed by atoms with Crippen LogP contribution < -0.4 is 10.2 Å². The van der Waals surface area contributed by atoms with Gasteiger partial charge in [0.15, 0.2) is 0 Å². The first-order valence-electron chi connectivity index (χ1n) is 9.45. The van der Waals surface area contributed by atoms with Gasteiger partial charge in [-0.25, -0.2) is 4.39 Å². The van der Waals surface area contributed by atoms with Gasteiger partial charge in [0.2, 0.25) is 11.8 Å². The van der Waals surface area contributed by atoms with E-state index in [9.17, 15) is 9.18 Å². The average molecular weight is 415 g/mol. The van der Waals surface area contributed by atoms with E-state index in [2.05, 4.69) is 15.5 Å². The van der Waals surface area contributed by atoms with Gasteiger partial charge in [-0.15, -0.1) is 5.10 Å². The van der Waals surface area contributed by atoms with Gasteiger partial charge in [0.1, 0.15) is 5.82 Å². The van der Waals surface area contributed by atoms with Gasteiger partial charge in [0.05, 0.1) is 0 Å². The fourth-order valence-electron chi connectivity index (χ4n) is 3.37. The molecule has 8 heteroatoms. The Morgan fingerprint density at radius 1 is 1.17 bits per heavy atom. The summed E-state index contributed by atoms with van der Waals surface area (Å²) in [4.78, 5) is 14.5. The molecule has 1 aliphatic rings. The number of nitrogens with one attached hydrogen (secondary N) is 1. The Bertz CT molecular complexity index is 987. The van der Waals surface area contributed by atoms with E-state index in [-0.39, 0.29) is 18.4 Å². The number of hydrogen-bond donors (Lipinski definition) is 1. The largest absolute Gasteiger partial charge is 0.403 e. The summed E-state index contributed by atoms with van der Waals surface area (Å²) >= 11 is 6.01. The highest BCUT2D eigenvalue weighted by molar-refractivity contribution is 6.31. The van der Waals surface area contributed by atoms with Crippen LogP contribution in [-0.2, 0) is 11.3 Å². The highest BCUT2D eigenvalue weighted by Gasteiger charge is 2.27. The van der Waals surface area contributed by atoms with Crippen molar-refractivity contribution < 1.29 is 13.6 Å². The van der Waals surface area contributed by atoms with Gasteiger partial charge in [0.25, 0.3) is 0 Å². The maximum absolute atomic E-state index is 13.1. The van der Waals surface area contributed by atoms with Crippen LogP contribution >= 0.6 is 11.6 Å². The molecule has 1 aliphatic heterocycles. The van der Waals surface area contributed by atoms with E-state index < -0.39 is 5.82 Å². The molecule has 1 amide bonds. The monoisotopic (exact) mass is 414 g/mol. The number of piperidine rings is 1. The number of amides is 1. The molecule has 1 aromatic heterocycles. The molecule has 150 valence electrons. The van der Waals surface area contributed by atoms with E-state index in [1.807, 2.05) is 35.2 Å². The number of carbonyl (C=O) groups excluding carboxylic acids is 1. The summed E-state index contributed by atoms with van der Waals surface area (Å²) in [5.41, 5.74) is 1.57. The predicted molar refractivity (Wildman–Crippen MR) is 108 cm³/mol. The van der Waals surface area contributed by atoms with Crippen molar-refractivity contribution in [3.63, 3.8) is 0 Å². The number of benzene rings is 2. The molecule has 29 heavy (non-hydrogen) atoms. The molecule has 6 nitrogen and oxygen atoms in total. The van der Waals surface area contributed by atoms with Crippen LogP contribution in [-0.4, -0.2) is 29.2 Å². The second-order valence-electron chi connectivity index (χ2n) is 6.97. The minimum absolute atomic E-state index is 0.0273. The zero-order chi connectivity index (χ0) is 20.2. The molecular formula is C21H20ClFN4O2. The Hall–Kier alpha value is -2.93. The first kappa shape index (κ1) is 19.4. The lowest BCUT2D eigenvalue weighted by Crippen LogP contribution is -2.40. The van der Waals surface area contributed by atoms with Crippen LogP contribution in [0.4, 0.5) is 10.4 Å². The first-order valence-corrected chi connectivity index (χ1v) is 9.83. The normalized spacial score (nSPS) is 14.8. The Labute approximate surface area is 172 Å². The topological polar surface area (TPSA) is 71.3 Å². The standard InChI is InChI=1S/C21H20ClFN4O2/c22-18-12-17(23)7-6-16(18)13-24-19(28)14-8-10-27(11-9-14)21-26-25-20(29-21)15-4-2-1-3-5-15/h1-7,12,14H,8-11,13H2,(H,24,28). The second kappa shape index (κ2) is 8.61. The van der Waals surface area contributed by atoms with Crippen LogP contribution in [0.15, 0.2) is 52.9 Å². The molecule has 4 rings (SSSR count). The average Bonchev–Trinajstić information content (AvgIpc) is 3.24. The number of halogens is 2. The lowest BCUT2D eigenvalue weighted by atomic mass is 9.96. The van der Waals surface area contributed by atoms with E-state index in [4.69, 9.17) is 16.0 Å². The predicted octanol–water partition coefficient (Wildman–Crippen LogP) is 4.06. The van der Waals surface area contributed by atoms with Gasteiger partial charge in [-0.05, 0) is 42.7 Å². The Balaban J connectivity index is 1.30. The summed E-state index contributed by atoms with van der Waals surface area (Å²) in [5, 5.41) is 11.5. The number of rotatable bonds is 5. The molecular weight excluding hydrogens is 395 g/mol. The zero-order valence-electron chi connectivity index (χ0n) is 15.6. The van der Waals surface area contributed by atoms with Gasteiger partial charge < -0.3 is 14.6 Å². The van der Waals surface area contributed by atoms with Crippen molar-refractivity contribution in [3.8, 4) is 11.5 Å². The molecule has 0 saturated carbocycles. The van der Waals surface area contributed by atoms with Gasteiger partial charge in [-0.2, -0.15) is 0 Å². The van der Waals surface area contributed by atoms with E-state index in [0.29, 0.717) is 48.4 Å². The minimum atomic E-state index is -0.395. The van der Waals surface area contributed by atoms with Gasteiger partial charge in [0, 0.05) is 36.1 Å². The molecule has 0 spiro atoms. The number of aromatic nitrogens is 2. The van der Waals surface area contributed by atoms with Crippen LogP contribution in [0.2, 0.25) is 5.02 Å².